The molecule has 0 spiro atoms. The molecule has 1 aliphatic rings. The molecule has 1 heterocycles. The molecule has 0 saturated carbocycles. The van der Waals surface area contributed by atoms with E-state index in [0.29, 0.717) is 25.8 Å². The largest absolute Gasteiger partial charge is 0.390 e. The summed E-state index contributed by atoms with van der Waals surface area (Å²) in [6.45, 7) is 30.4. The minimum atomic E-state index is -1.62. The molecule has 5 N–H and O–H groups in total. The van der Waals surface area contributed by atoms with Crippen LogP contribution in [0.2, 0.25) is 0 Å². The molecular weight excluding hydrogens is 1160 g/mol. The zero-order valence-corrected chi connectivity index (χ0v) is 60.3. The molecule has 0 bridgehead atoms. The van der Waals surface area contributed by atoms with Crippen molar-refractivity contribution in [1.29, 1.82) is 0 Å². The SMILES string of the molecule is C/C=C/C[C@@H](C)[C@@H](O)[C@H]1C(=O)N[C@@H](CC)C(=O)N(C)CC(=O)N(C)[C@@H](CC(C)C)C(=O)N(CCCCNC)[C@@H](C(C)C)C(=O)N(C)[C@@H](CC(C)C)C(=O)N[C@@H](C)C(=O)N[C@H](C)C(=O)N(C)[C@@H](CC(C)C)C(=O)N(C)[C@@H](CC(C)C)C(=O)N(C)[C@@H](C(C)C)C(=O)N1C. The minimum absolute atomic E-state index is 0.0215. The Bertz CT molecular complexity index is 2450. The molecule has 522 valence electrons. The molecule has 1 aliphatic heterocycles. The van der Waals surface area contributed by atoms with Gasteiger partial charge < -0.3 is 65.6 Å². The molecule has 1 saturated heterocycles. The van der Waals surface area contributed by atoms with Crippen LogP contribution in [0.1, 0.15) is 169 Å². The van der Waals surface area contributed by atoms with E-state index in [1.807, 2.05) is 61.5 Å². The highest BCUT2D eigenvalue weighted by Crippen LogP contribution is 2.27. The highest BCUT2D eigenvalue weighted by atomic mass is 16.3. The van der Waals surface area contributed by atoms with E-state index < -0.39 is 156 Å². The summed E-state index contributed by atoms with van der Waals surface area (Å²) >= 11 is 0. The highest BCUT2D eigenvalue weighted by molar-refractivity contribution is 5.99. The molecule has 0 unspecified atom stereocenters. The van der Waals surface area contributed by atoms with Gasteiger partial charge in [-0.25, -0.2) is 0 Å². The van der Waals surface area contributed by atoms with E-state index in [2.05, 4.69) is 21.3 Å². The van der Waals surface area contributed by atoms with Crippen LogP contribution in [-0.2, 0) is 52.7 Å². The third-order valence-electron chi connectivity index (χ3n) is 17.4. The van der Waals surface area contributed by atoms with Crippen molar-refractivity contribution in [3.8, 4) is 0 Å². The van der Waals surface area contributed by atoms with Crippen molar-refractivity contribution in [2.75, 3.05) is 76.0 Å². The summed E-state index contributed by atoms with van der Waals surface area (Å²) in [5.74, 6) is -9.47. The third kappa shape index (κ3) is 23.7. The average Bonchev–Trinajstić information content (AvgIpc) is 0.915. The van der Waals surface area contributed by atoms with Gasteiger partial charge in [0.2, 0.25) is 65.0 Å². The molecule has 1 rings (SSSR count). The third-order valence-corrected chi connectivity index (χ3v) is 17.4. The van der Waals surface area contributed by atoms with Gasteiger partial charge in [0.1, 0.15) is 60.4 Å². The van der Waals surface area contributed by atoms with Crippen LogP contribution in [0.25, 0.3) is 0 Å². The standard InChI is InChI=1S/C67H122N12O12/c1-26-28-31-45(15)57(81)56-60(84)71-48(27-2)62(86)72(19)38-53(80)73(20)52(37-42(9)10)65(89)79(33-30-29-32-68-18)55(44(13)14)67(91)74(21)49(34-39(3)4)59(83)69-46(16)58(82)70-47(17)61(85)75(22)50(35-40(5)6)63(87)76(23)51(36-41(7)8)64(88)77(24)54(43(11)12)66(90)78(56)25/h26,28,39-52,54-57,68,81H,27,29-38H2,1-25H3,(H,69,83)(H,70,82)(H,71,84)/b28-26+/t45-,46+,47-,48+,49+,50+,51+,52+,54+,55+,56+,57-/m1/s1. The summed E-state index contributed by atoms with van der Waals surface area (Å²) in [6.07, 6.45) is 4.16. The Morgan fingerprint density at radius 3 is 1.38 bits per heavy atom. The van der Waals surface area contributed by atoms with Crippen molar-refractivity contribution in [3.05, 3.63) is 12.2 Å². The summed E-state index contributed by atoms with van der Waals surface area (Å²) in [5, 5.41) is 23.5. The Morgan fingerprint density at radius 2 is 0.923 bits per heavy atom. The molecule has 0 aliphatic carbocycles. The molecule has 11 amide bonds. The predicted octanol–water partition coefficient (Wildman–Crippen LogP) is 3.98. The monoisotopic (exact) mass is 1290 g/mol. The average molecular weight is 1290 g/mol. The topological polar surface area (TPSA) is 282 Å². The van der Waals surface area contributed by atoms with E-state index in [1.54, 1.807) is 61.6 Å². The number of carbonyl (C=O) groups excluding carboxylic acids is 11. The van der Waals surface area contributed by atoms with Crippen molar-refractivity contribution < 1.29 is 57.8 Å². The smallest absolute Gasteiger partial charge is 0.246 e. The normalized spacial score (nSPS) is 26.0. The van der Waals surface area contributed by atoms with Gasteiger partial charge in [-0.2, -0.15) is 0 Å². The molecule has 91 heavy (non-hydrogen) atoms. The van der Waals surface area contributed by atoms with E-state index in [4.69, 9.17) is 0 Å². The quantitative estimate of drug-likeness (QED) is 0.0853. The second-order valence-corrected chi connectivity index (χ2v) is 27.9. The molecule has 12 atom stereocenters. The second kappa shape index (κ2) is 38.7. The number of rotatable bonds is 20. The Balaban J connectivity index is 4.49. The number of carbonyl (C=O) groups is 11. The van der Waals surface area contributed by atoms with Gasteiger partial charge in [-0.05, 0) is 127 Å². The summed E-state index contributed by atoms with van der Waals surface area (Å²) in [5.41, 5.74) is 0. The van der Waals surface area contributed by atoms with Crippen molar-refractivity contribution in [2.24, 2.45) is 41.4 Å². The van der Waals surface area contributed by atoms with Crippen LogP contribution in [0, 0.1) is 41.4 Å². The fourth-order valence-electron chi connectivity index (χ4n) is 11.8. The van der Waals surface area contributed by atoms with Gasteiger partial charge in [0, 0.05) is 55.9 Å². The van der Waals surface area contributed by atoms with Crippen LogP contribution in [0.4, 0.5) is 0 Å². The van der Waals surface area contributed by atoms with Gasteiger partial charge in [0.05, 0.1) is 12.6 Å². The lowest BCUT2D eigenvalue weighted by atomic mass is 9.91. The fourth-order valence-corrected chi connectivity index (χ4v) is 11.8. The van der Waals surface area contributed by atoms with Crippen molar-refractivity contribution >= 4 is 65.0 Å². The lowest BCUT2D eigenvalue weighted by Crippen LogP contribution is -2.63. The number of nitrogens with zero attached hydrogens (tertiary/aromatic N) is 8. The van der Waals surface area contributed by atoms with Crippen LogP contribution < -0.4 is 21.3 Å². The molecule has 24 nitrogen and oxygen atoms in total. The first-order chi connectivity index (χ1) is 42.2. The maximum absolute atomic E-state index is 15.5. The minimum Gasteiger partial charge on any atom is -0.390 e. The van der Waals surface area contributed by atoms with E-state index in [1.165, 1.54) is 92.6 Å². The van der Waals surface area contributed by atoms with Gasteiger partial charge in [-0.3, -0.25) is 52.7 Å². The van der Waals surface area contributed by atoms with E-state index in [-0.39, 0.29) is 62.3 Å². The highest BCUT2D eigenvalue weighted by Gasteiger charge is 2.46. The maximum Gasteiger partial charge on any atom is 0.246 e. The zero-order chi connectivity index (χ0) is 70.4. The first-order valence-corrected chi connectivity index (χ1v) is 33.2. The van der Waals surface area contributed by atoms with Crippen LogP contribution in [-0.4, -0.2) is 252 Å². The van der Waals surface area contributed by atoms with Crippen LogP contribution in [0.5, 0.6) is 0 Å². The number of nitrogens with one attached hydrogen (secondary N) is 4. The lowest BCUT2D eigenvalue weighted by Gasteiger charge is -2.41. The second-order valence-electron chi connectivity index (χ2n) is 27.9. The number of amides is 11. The first kappa shape index (κ1) is 82.8. The Labute approximate surface area is 546 Å². The predicted molar refractivity (Wildman–Crippen MR) is 355 cm³/mol. The number of hydrogen-bond donors (Lipinski definition) is 5. The van der Waals surface area contributed by atoms with Crippen molar-refractivity contribution in [2.45, 2.75) is 236 Å². The lowest BCUT2D eigenvalue weighted by molar-refractivity contribution is -0.157. The first-order valence-electron chi connectivity index (χ1n) is 33.2. The summed E-state index contributed by atoms with van der Waals surface area (Å²) in [6, 6.07) is -12.3. The number of unbranched alkanes of at least 4 members (excludes halogenated alkanes) is 1. The summed E-state index contributed by atoms with van der Waals surface area (Å²) < 4.78 is 0. The molecule has 0 aromatic heterocycles. The molecule has 24 heteroatoms. The number of aliphatic hydroxyl groups excluding tert-OH is 1. The molecule has 0 aromatic carbocycles. The van der Waals surface area contributed by atoms with E-state index >= 15 is 24.0 Å². The van der Waals surface area contributed by atoms with Gasteiger partial charge in [0.25, 0.3) is 0 Å². The Morgan fingerprint density at radius 1 is 0.495 bits per heavy atom. The fraction of sp³-hybridized carbons (Fsp3) is 0.806. The van der Waals surface area contributed by atoms with Gasteiger partial charge in [-0.1, -0.05) is 109 Å². The number of allylic oxidation sites excluding steroid dienone is 2. The maximum atomic E-state index is 15.5. The van der Waals surface area contributed by atoms with Gasteiger partial charge >= 0.3 is 0 Å². The number of aliphatic hydroxyl groups is 1. The van der Waals surface area contributed by atoms with Crippen LogP contribution >= 0.6 is 0 Å². The van der Waals surface area contributed by atoms with Crippen LogP contribution in [0.15, 0.2) is 12.2 Å². The summed E-state index contributed by atoms with van der Waals surface area (Å²) in [7, 11) is 11.9. The molecule has 0 aromatic rings. The Kier molecular flexibility index (Phi) is 35.3. The molecule has 1 fully saturated rings. The molecule has 0 radical (unpaired) electrons. The van der Waals surface area contributed by atoms with Crippen molar-refractivity contribution in [1.82, 2.24) is 60.5 Å². The van der Waals surface area contributed by atoms with E-state index in [9.17, 15) is 33.9 Å². The Hall–Kier alpha value is -6.17. The summed E-state index contributed by atoms with van der Waals surface area (Å²) in [4.78, 5) is 174. The van der Waals surface area contributed by atoms with Gasteiger partial charge in [0.15, 0.2) is 0 Å². The van der Waals surface area contributed by atoms with E-state index in [0.717, 1.165) is 9.80 Å². The number of hydrogen-bond acceptors (Lipinski definition) is 13. The zero-order valence-electron chi connectivity index (χ0n) is 60.3. The molecular formula is C67H122N12O12. The number of likely N-dealkylation sites (N-methyl/N-ethyl adjacent to an activating group) is 7. The van der Waals surface area contributed by atoms with Gasteiger partial charge in [-0.15, -0.1) is 0 Å². The van der Waals surface area contributed by atoms with Crippen LogP contribution in [0.3, 0.4) is 0 Å². The van der Waals surface area contributed by atoms with Crippen molar-refractivity contribution in [3.63, 3.8) is 0 Å².